The SMILES string of the molecule is CC.CC.CC.CCc1cc(OCC=O)cc2oc(-c3ccc(OC)c(OC)c3)cc(=O)c12. The Labute approximate surface area is 197 Å². The van der Waals surface area contributed by atoms with Crippen molar-refractivity contribution in [1.29, 1.82) is 0 Å². The summed E-state index contributed by atoms with van der Waals surface area (Å²) in [6.07, 6.45) is 1.31. The number of aldehydes is 1. The second-order valence-corrected chi connectivity index (χ2v) is 5.83. The zero-order valence-corrected chi connectivity index (χ0v) is 21.4. The molecule has 0 aliphatic heterocycles. The number of aryl methyl sites for hydroxylation is 1. The van der Waals surface area contributed by atoms with E-state index < -0.39 is 0 Å². The van der Waals surface area contributed by atoms with Gasteiger partial charge in [0.2, 0.25) is 0 Å². The van der Waals surface area contributed by atoms with Crippen LogP contribution in [0.1, 0.15) is 54.0 Å². The average molecular weight is 459 g/mol. The van der Waals surface area contributed by atoms with E-state index in [1.165, 1.54) is 6.07 Å². The minimum Gasteiger partial charge on any atom is -0.493 e. The van der Waals surface area contributed by atoms with E-state index in [-0.39, 0.29) is 12.0 Å². The molecule has 0 atom stereocenters. The predicted octanol–water partition coefficient (Wildman–Crippen LogP) is 6.70. The van der Waals surface area contributed by atoms with Gasteiger partial charge in [0.25, 0.3) is 0 Å². The van der Waals surface area contributed by atoms with E-state index in [0.29, 0.717) is 52.2 Å². The summed E-state index contributed by atoms with van der Waals surface area (Å²) in [6.45, 7) is 13.9. The summed E-state index contributed by atoms with van der Waals surface area (Å²) < 4.78 is 22.0. The van der Waals surface area contributed by atoms with Gasteiger partial charge < -0.3 is 18.6 Å². The molecule has 3 rings (SSSR count). The van der Waals surface area contributed by atoms with Gasteiger partial charge in [-0.15, -0.1) is 0 Å². The minimum absolute atomic E-state index is 0.0612. The second kappa shape index (κ2) is 16.4. The van der Waals surface area contributed by atoms with Crippen LogP contribution >= 0.6 is 0 Å². The van der Waals surface area contributed by atoms with Crippen molar-refractivity contribution in [2.45, 2.75) is 54.9 Å². The van der Waals surface area contributed by atoms with Crippen molar-refractivity contribution in [3.63, 3.8) is 0 Å². The Balaban J connectivity index is 0.00000158. The number of hydrogen-bond acceptors (Lipinski definition) is 6. The first-order chi connectivity index (χ1) is 16.1. The van der Waals surface area contributed by atoms with Crippen LogP contribution in [-0.4, -0.2) is 27.1 Å². The normalized spacial score (nSPS) is 9.24. The molecular weight excluding hydrogens is 420 g/mol. The zero-order valence-electron chi connectivity index (χ0n) is 21.4. The van der Waals surface area contributed by atoms with Gasteiger partial charge in [-0.3, -0.25) is 9.59 Å². The van der Waals surface area contributed by atoms with Crippen molar-refractivity contribution >= 4 is 17.3 Å². The van der Waals surface area contributed by atoms with E-state index in [0.717, 1.165) is 5.56 Å². The Morgan fingerprint density at radius 1 is 0.879 bits per heavy atom. The predicted molar refractivity (Wildman–Crippen MR) is 136 cm³/mol. The minimum atomic E-state index is -0.139. The highest BCUT2D eigenvalue weighted by Gasteiger charge is 2.14. The lowest BCUT2D eigenvalue weighted by Gasteiger charge is -2.11. The van der Waals surface area contributed by atoms with E-state index in [1.54, 1.807) is 44.6 Å². The van der Waals surface area contributed by atoms with E-state index in [9.17, 15) is 9.59 Å². The lowest BCUT2D eigenvalue weighted by Crippen LogP contribution is -2.05. The molecule has 182 valence electrons. The first kappa shape index (κ1) is 29.7. The monoisotopic (exact) mass is 458 g/mol. The van der Waals surface area contributed by atoms with Gasteiger partial charge in [-0.2, -0.15) is 0 Å². The number of carbonyl (C=O) groups excluding carboxylic acids is 1. The number of hydrogen-bond donors (Lipinski definition) is 0. The van der Waals surface area contributed by atoms with Gasteiger partial charge in [-0.25, -0.2) is 0 Å². The molecule has 0 saturated carbocycles. The van der Waals surface area contributed by atoms with Gasteiger partial charge in [0.05, 0.1) is 19.6 Å². The van der Waals surface area contributed by atoms with E-state index in [4.69, 9.17) is 18.6 Å². The van der Waals surface area contributed by atoms with Crippen LogP contribution in [0, 0.1) is 0 Å². The molecule has 0 spiro atoms. The summed E-state index contributed by atoms with van der Waals surface area (Å²) in [5.41, 5.74) is 1.76. The first-order valence-corrected chi connectivity index (χ1v) is 11.5. The van der Waals surface area contributed by atoms with Crippen molar-refractivity contribution in [2.75, 3.05) is 20.8 Å². The fourth-order valence-electron chi connectivity index (χ4n) is 2.97. The zero-order chi connectivity index (χ0) is 25.4. The molecule has 0 radical (unpaired) electrons. The molecule has 0 saturated heterocycles. The maximum atomic E-state index is 12.7. The number of rotatable bonds is 7. The summed E-state index contributed by atoms with van der Waals surface area (Å²) in [6, 6.07) is 10.1. The van der Waals surface area contributed by atoms with E-state index in [1.807, 2.05) is 48.5 Å². The maximum absolute atomic E-state index is 12.7. The van der Waals surface area contributed by atoms with Crippen molar-refractivity contribution in [2.24, 2.45) is 0 Å². The molecule has 0 amide bonds. The molecule has 6 nitrogen and oxygen atoms in total. The topological polar surface area (TPSA) is 75.0 Å². The number of benzene rings is 2. The van der Waals surface area contributed by atoms with Gasteiger partial charge in [-0.05, 0) is 36.2 Å². The maximum Gasteiger partial charge on any atom is 0.193 e. The number of carbonyl (C=O) groups is 1. The third-order valence-corrected chi connectivity index (χ3v) is 4.25. The number of methoxy groups -OCH3 is 2. The van der Waals surface area contributed by atoms with Crippen LogP contribution in [0.4, 0.5) is 0 Å². The lowest BCUT2D eigenvalue weighted by molar-refractivity contribution is -0.109. The van der Waals surface area contributed by atoms with Crippen molar-refractivity contribution in [3.8, 4) is 28.6 Å². The largest absolute Gasteiger partial charge is 0.493 e. The molecule has 0 bridgehead atoms. The van der Waals surface area contributed by atoms with Crippen LogP contribution in [0.15, 0.2) is 45.6 Å². The van der Waals surface area contributed by atoms with Crippen molar-refractivity contribution < 1.29 is 23.4 Å². The number of ether oxygens (including phenoxy) is 3. The fraction of sp³-hybridized carbons (Fsp3) is 0.407. The molecule has 1 aromatic heterocycles. The summed E-state index contributed by atoms with van der Waals surface area (Å²) in [5.74, 6) is 2.01. The van der Waals surface area contributed by atoms with Gasteiger partial charge in [-0.1, -0.05) is 48.5 Å². The Morgan fingerprint density at radius 2 is 1.52 bits per heavy atom. The van der Waals surface area contributed by atoms with Crippen LogP contribution < -0.4 is 19.6 Å². The highest BCUT2D eigenvalue weighted by atomic mass is 16.5. The van der Waals surface area contributed by atoms with Crippen LogP contribution in [0.3, 0.4) is 0 Å². The first-order valence-electron chi connectivity index (χ1n) is 11.5. The molecule has 0 fully saturated rings. The van der Waals surface area contributed by atoms with Crippen LogP contribution in [0.5, 0.6) is 17.2 Å². The summed E-state index contributed by atoms with van der Waals surface area (Å²) in [4.78, 5) is 23.3. The molecule has 6 heteroatoms. The third-order valence-electron chi connectivity index (χ3n) is 4.25. The molecule has 2 aromatic carbocycles. The fourth-order valence-corrected chi connectivity index (χ4v) is 2.97. The highest BCUT2D eigenvalue weighted by molar-refractivity contribution is 5.84. The molecule has 1 heterocycles. The Bertz CT molecular complexity index is 1040. The molecule has 0 unspecified atom stereocenters. The molecule has 3 aromatic rings. The summed E-state index contributed by atoms with van der Waals surface area (Å²) >= 11 is 0. The van der Waals surface area contributed by atoms with Gasteiger partial charge in [0.1, 0.15) is 23.7 Å². The highest BCUT2D eigenvalue weighted by Crippen LogP contribution is 2.33. The second-order valence-electron chi connectivity index (χ2n) is 5.83. The van der Waals surface area contributed by atoms with Gasteiger partial charge in [0, 0.05) is 17.7 Å². The van der Waals surface area contributed by atoms with Crippen LogP contribution in [-0.2, 0) is 11.2 Å². The molecule has 0 N–H and O–H groups in total. The Kier molecular flexibility index (Phi) is 14.7. The summed E-state index contributed by atoms with van der Waals surface area (Å²) in [5, 5.41) is 0.514. The van der Waals surface area contributed by atoms with Crippen LogP contribution in [0.2, 0.25) is 0 Å². The third kappa shape index (κ3) is 7.67. The molecule has 0 aliphatic rings. The standard InChI is InChI=1S/C21H20O6.3C2H6/c1-4-13-9-15(26-8-7-22)11-20-21(13)16(23)12-18(27-20)14-5-6-17(24-2)19(10-14)25-3;3*1-2/h5-7,9-12H,4,8H2,1-3H3;3*1-2H3. The van der Waals surface area contributed by atoms with Gasteiger partial charge >= 0.3 is 0 Å². The quantitative estimate of drug-likeness (QED) is 0.367. The number of fused-ring (bicyclic) bond motifs is 1. The van der Waals surface area contributed by atoms with Crippen LogP contribution in [0.25, 0.3) is 22.3 Å². The smallest absolute Gasteiger partial charge is 0.193 e. The average Bonchev–Trinajstić information content (AvgIpc) is 2.89. The van der Waals surface area contributed by atoms with Gasteiger partial charge in [0.15, 0.2) is 23.2 Å². The van der Waals surface area contributed by atoms with Crippen molar-refractivity contribution in [1.82, 2.24) is 0 Å². The Morgan fingerprint density at radius 3 is 2.06 bits per heavy atom. The van der Waals surface area contributed by atoms with E-state index in [2.05, 4.69) is 0 Å². The lowest BCUT2D eigenvalue weighted by atomic mass is 10.0. The molecule has 0 aliphatic carbocycles. The van der Waals surface area contributed by atoms with Crippen molar-refractivity contribution in [3.05, 3.63) is 52.2 Å². The summed E-state index contributed by atoms with van der Waals surface area (Å²) in [7, 11) is 3.10. The van der Waals surface area contributed by atoms with E-state index >= 15 is 0 Å². The molecule has 33 heavy (non-hydrogen) atoms. The Hall–Kier alpha value is -3.28. The molecular formula is C27H38O6.